The van der Waals surface area contributed by atoms with Crippen molar-refractivity contribution in [2.75, 3.05) is 26.4 Å². The Balaban J connectivity index is 1.65. The number of nitrogens with one attached hydrogen (secondary N) is 1. The topological polar surface area (TPSA) is 47.6 Å². The lowest BCUT2D eigenvalue weighted by Crippen LogP contribution is -2.31. The minimum Gasteiger partial charge on any atom is -0.491 e. The molecule has 0 aromatic heterocycles. The molecule has 5 heteroatoms. The van der Waals surface area contributed by atoms with E-state index in [1.54, 1.807) is 0 Å². The summed E-state index contributed by atoms with van der Waals surface area (Å²) >= 11 is 0. The van der Waals surface area contributed by atoms with Crippen molar-refractivity contribution < 1.29 is 18.7 Å². The van der Waals surface area contributed by atoms with Gasteiger partial charge in [-0.1, -0.05) is 51.3 Å². The minimum atomic E-state index is -0.575. The normalized spacial score (nSPS) is 16.0. The van der Waals surface area contributed by atoms with Gasteiger partial charge in [0.25, 0.3) is 0 Å². The van der Waals surface area contributed by atoms with E-state index < -0.39 is 5.83 Å². The molecule has 1 unspecified atom stereocenters. The third-order valence-corrected chi connectivity index (χ3v) is 4.78. The summed E-state index contributed by atoms with van der Waals surface area (Å²) in [5.41, 5.74) is 3.11. The molecule has 0 bridgehead atoms. The predicted molar refractivity (Wildman–Crippen MR) is 110 cm³/mol. The van der Waals surface area contributed by atoms with Crippen LogP contribution in [0, 0.1) is 5.92 Å². The van der Waals surface area contributed by atoms with Gasteiger partial charge in [-0.05, 0) is 35.5 Å². The summed E-state index contributed by atoms with van der Waals surface area (Å²) in [5.74, 6) is -0.0662. The molecule has 1 aliphatic carbocycles. The first-order chi connectivity index (χ1) is 13.4. The number of hydrogen-bond acceptors (Lipinski definition) is 3. The van der Waals surface area contributed by atoms with Gasteiger partial charge in [-0.25, -0.2) is 4.39 Å². The summed E-state index contributed by atoms with van der Waals surface area (Å²) in [5, 5.41) is 2.93. The van der Waals surface area contributed by atoms with Gasteiger partial charge in [-0.2, -0.15) is 0 Å². The molecule has 4 nitrogen and oxygen atoms in total. The van der Waals surface area contributed by atoms with Crippen molar-refractivity contribution in [3.63, 3.8) is 0 Å². The van der Waals surface area contributed by atoms with Crippen LogP contribution < -0.4 is 5.32 Å². The average Bonchev–Trinajstić information content (AvgIpc) is 3.09. The number of ether oxygens (including phenoxy) is 2. The summed E-state index contributed by atoms with van der Waals surface area (Å²) in [7, 11) is 0. The Labute approximate surface area is 167 Å². The summed E-state index contributed by atoms with van der Waals surface area (Å²) < 4.78 is 24.2. The largest absolute Gasteiger partial charge is 0.491 e. The molecule has 1 amide bonds. The van der Waals surface area contributed by atoms with Crippen LogP contribution in [0.2, 0.25) is 0 Å². The van der Waals surface area contributed by atoms with Crippen LogP contribution >= 0.6 is 0 Å². The Morgan fingerprint density at radius 2 is 2.04 bits per heavy atom. The monoisotopic (exact) mass is 387 g/mol. The molecule has 152 valence electrons. The quantitative estimate of drug-likeness (QED) is 0.347. The van der Waals surface area contributed by atoms with Crippen molar-refractivity contribution in [2.45, 2.75) is 32.6 Å². The lowest BCUT2D eigenvalue weighted by atomic mass is 10.0. The standard InChI is InChI=1S/C23H30FNO3/c1-16(2)18(4)22(15-17(3)24)28-14-13-27-12-11-25-23(26)21-10-9-19-7-5-6-8-20(19)21/h5-8,15-16,21H,3-4,9-14H2,1-2H3,(H,25,26)/b22-15+. The molecule has 0 radical (unpaired) electrons. The Morgan fingerprint density at radius 3 is 2.75 bits per heavy atom. The maximum absolute atomic E-state index is 13.1. The molecule has 2 rings (SSSR count). The van der Waals surface area contributed by atoms with Gasteiger partial charge in [0.2, 0.25) is 5.91 Å². The van der Waals surface area contributed by atoms with Gasteiger partial charge in [-0.3, -0.25) is 4.79 Å². The summed E-state index contributed by atoms with van der Waals surface area (Å²) in [6.07, 6.45) is 3.04. The van der Waals surface area contributed by atoms with Gasteiger partial charge < -0.3 is 14.8 Å². The van der Waals surface area contributed by atoms with E-state index >= 15 is 0 Å². The third-order valence-electron chi connectivity index (χ3n) is 4.78. The zero-order valence-corrected chi connectivity index (χ0v) is 16.8. The molecule has 0 aliphatic heterocycles. The van der Waals surface area contributed by atoms with E-state index in [1.165, 1.54) is 11.6 Å². The van der Waals surface area contributed by atoms with Crippen LogP contribution in [0.4, 0.5) is 4.39 Å². The Kier molecular flexibility index (Phi) is 8.45. The van der Waals surface area contributed by atoms with Crippen molar-refractivity contribution in [3.8, 4) is 0 Å². The van der Waals surface area contributed by atoms with Gasteiger partial charge in [0.1, 0.15) is 18.2 Å². The highest BCUT2D eigenvalue weighted by molar-refractivity contribution is 5.84. The van der Waals surface area contributed by atoms with E-state index in [-0.39, 0.29) is 24.3 Å². The Bertz CT molecular complexity index is 739. The lowest BCUT2D eigenvalue weighted by molar-refractivity contribution is -0.122. The summed E-state index contributed by atoms with van der Waals surface area (Å²) in [4.78, 5) is 12.4. The molecule has 1 atom stereocenters. The zero-order chi connectivity index (χ0) is 20.5. The number of amides is 1. The molecular weight excluding hydrogens is 357 g/mol. The number of carbonyl (C=O) groups excluding carboxylic acids is 1. The first-order valence-corrected chi connectivity index (χ1v) is 9.71. The molecule has 28 heavy (non-hydrogen) atoms. The number of hydrogen-bond donors (Lipinski definition) is 1. The summed E-state index contributed by atoms with van der Waals surface area (Å²) in [6.45, 7) is 12.5. The maximum atomic E-state index is 13.1. The fourth-order valence-electron chi connectivity index (χ4n) is 3.17. The van der Waals surface area contributed by atoms with E-state index in [0.29, 0.717) is 31.1 Å². The number of rotatable bonds is 11. The molecule has 1 N–H and O–H groups in total. The zero-order valence-electron chi connectivity index (χ0n) is 16.8. The molecule has 1 aromatic carbocycles. The van der Waals surface area contributed by atoms with Crippen LogP contribution in [0.5, 0.6) is 0 Å². The molecule has 0 heterocycles. The van der Waals surface area contributed by atoms with Crippen LogP contribution in [0.1, 0.15) is 37.3 Å². The van der Waals surface area contributed by atoms with Crippen molar-refractivity contribution >= 4 is 5.91 Å². The highest BCUT2D eigenvalue weighted by Crippen LogP contribution is 2.32. The summed E-state index contributed by atoms with van der Waals surface area (Å²) in [6, 6.07) is 8.10. The second-order valence-corrected chi connectivity index (χ2v) is 7.18. The first-order valence-electron chi connectivity index (χ1n) is 9.71. The molecule has 0 spiro atoms. The second-order valence-electron chi connectivity index (χ2n) is 7.18. The lowest BCUT2D eigenvalue weighted by Gasteiger charge is -2.16. The van der Waals surface area contributed by atoms with Crippen LogP contribution in [0.25, 0.3) is 0 Å². The van der Waals surface area contributed by atoms with Crippen LogP contribution in [-0.4, -0.2) is 32.3 Å². The number of aryl methyl sites for hydroxylation is 1. The van der Waals surface area contributed by atoms with Crippen molar-refractivity contribution in [1.29, 1.82) is 0 Å². The van der Waals surface area contributed by atoms with E-state index in [4.69, 9.17) is 9.47 Å². The Hall–Kier alpha value is -2.40. The predicted octanol–water partition coefficient (Wildman–Crippen LogP) is 4.45. The van der Waals surface area contributed by atoms with Crippen molar-refractivity contribution in [1.82, 2.24) is 5.32 Å². The van der Waals surface area contributed by atoms with Gasteiger partial charge in [0, 0.05) is 12.6 Å². The number of halogens is 1. The SMILES string of the molecule is C=C(F)/C=C(/OCCOCCNC(=O)C1CCc2ccccc21)C(=C)C(C)C. The van der Waals surface area contributed by atoms with E-state index in [1.807, 2.05) is 32.0 Å². The van der Waals surface area contributed by atoms with Crippen LogP contribution in [0.15, 0.2) is 60.7 Å². The minimum absolute atomic E-state index is 0.0460. The second kappa shape index (κ2) is 10.8. The fourth-order valence-corrected chi connectivity index (χ4v) is 3.17. The van der Waals surface area contributed by atoms with Crippen LogP contribution in [-0.2, 0) is 20.7 Å². The first kappa shape index (κ1) is 21.9. The number of allylic oxidation sites excluding steroid dienone is 3. The molecular formula is C23H30FNO3. The molecule has 0 fully saturated rings. The van der Waals surface area contributed by atoms with Gasteiger partial charge in [0.05, 0.1) is 19.1 Å². The van der Waals surface area contributed by atoms with Gasteiger partial charge >= 0.3 is 0 Å². The van der Waals surface area contributed by atoms with Gasteiger partial charge in [0.15, 0.2) is 0 Å². The molecule has 1 aliphatic rings. The smallest absolute Gasteiger partial charge is 0.227 e. The Morgan fingerprint density at radius 1 is 1.29 bits per heavy atom. The third kappa shape index (κ3) is 6.34. The van der Waals surface area contributed by atoms with E-state index in [9.17, 15) is 9.18 Å². The van der Waals surface area contributed by atoms with Crippen molar-refractivity contribution in [2.24, 2.45) is 5.92 Å². The highest BCUT2D eigenvalue weighted by atomic mass is 19.1. The number of carbonyl (C=O) groups is 1. The maximum Gasteiger partial charge on any atom is 0.227 e. The fraction of sp³-hybridized carbons (Fsp3) is 0.435. The van der Waals surface area contributed by atoms with Crippen LogP contribution in [0.3, 0.4) is 0 Å². The van der Waals surface area contributed by atoms with Crippen molar-refractivity contribution in [3.05, 3.63) is 71.8 Å². The number of fused-ring (bicyclic) bond motifs is 1. The van der Waals surface area contributed by atoms with E-state index in [0.717, 1.165) is 18.4 Å². The van der Waals surface area contributed by atoms with Gasteiger partial charge in [-0.15, -0.1) is 0 Å². The number of benzene rings is 1. The molecule has 0 saturated heterocycles. The highest BCUT2D eigenvalue weighted by Gasteiger charge is 2.27. The van der Waals surface area contributed by atoms with E-state index in [2.05, 4.69) is 24.5 Å². The molecule has 1 aromatic rings. The molecule has 0 saturated carbocycles. The average molecular weight is 387 g/mol.